The lowest BCUT2D eigenvalue weighted by atomic mass is 10.0. The van der Waals surface area contributed by atoms with E-state index in [-0.39, 0.29) is 17.9 Å². The zero-order valence-electron chi connectivity index (χ0n) is 10.4. The van der Waals surface area contributed by atoms with Gasteiger partial charge in [-0.05, 0) is 12.1 Å². The van der Waals surface area contributed by atoms with Crippen molar-refractivity contribution in [2.45, 2.75) is 6.18 Å². The van der Waals surface area contributed by atoms with Crippen LogP contribution in [0.2, 0.25) is 0 Å². The predicted molar refractivity (Wildman–Crippen MR) is 65.2 cm³/mol. The third-order valence-corrected chi connectivity index (χ3v) is 2.63. The minimum Gasteiger partial charge on any atom is -0.479 e. The van der Waals surface area contributed by atoms with Crippen molar-refractivity contribution in [3.63, 3.8) is 0 Å². The molecule has 110 valence electrons. The third-order valence-electron chi connectivity index (χ3n) is 2.63. The number of carboxylic acids is 1. The Bertz CT molecular complexity index is 650. The molecule has 9 heteroatoms. The van der Waals surface area contributed by atoms with Gasteiger partial charge >= 0.3 is 12.1 Å². The molecule has 0 saturated carbocycles. The number of alkyl halides is 3. The number of aliphatic carboxylic acids is 1. The topological polar surface area (TPSA) is 85.9 Å². The molecule has 0 spiro atoms. The highest BCUT2D eigenvalue weighted by Gasteiger charge is 2.35. The summed E-state index contributed by atoms with van der Waals surface area (Å²) < 4.78 is 38.5. The van der Waals surface area contributed by atoms with Gasteiger partial charge in [0.25, 0.3) is 0 Å². The Kier molecular flexibility index (Phi) is 3.82. The summed E-state index contributed by atoms with van der Waals surface area (Å²) in [5.41, 5.74) is -1.61. The summed E-state index contributed by atoms with van der Waals surface area (Å²) in [4.78, 5) is 19.2. The average molecular weight is 299 g/mol. The van der Waals surface area contributed by atoms with Gasteiger partial charge in [-0.25, -0.2) is 9.86 Å². The lowest BCUT2D eigenvalue weighted by molar-refractivity contribution is -0.142. The maximum atomic E-state index is 12.8. The molecule has 6 nitrogen and oxygen atoms in total. The number of aliphatic imine (C=N–C) groups is 1. The molecule has 0 aromatic heterocycles. The molecule has 1 aromatic rings. The van der Waals surface area contributed by atoms with Gasteiger partial charge in [0, 0.05) is 6.21 Å². The van der Waals surface area contributed by atoms with Crippen LogP contribution in [0.25, 0.3) is 0 Å². The Balaban J connectivity index is 2.45. The minimum absolute atomic E-state index is 0.0436. The fraction of sp³-hybridized carbons (Fsp3) is 0.250. The zero-order chi connectivity index (χ0) is 15.6. The number of nitriles is 1. The van der Waals surface area contributed by atoms with Gasteiger partial charge in [-0.3, -0.25) is 9.83 Å². The zero-order valence-corrected chi connectivity index (χ0v) is 10.4. The highest BCUT2D eigenvalue weighted by molar-refractivity contribution is 5.82. The molecule has 0 bridgehead atoms. The van der Waals surface area contributed by atoms with E-state index in [1.807, 2.05) is 0 Å². The standard InChI is InChI=1S/C12H8F3N3O3/c13-12(14,15)8-4-9-10(3-7(8)5-16)18(2-1-17-9)21-6-11(19)20/h1,3-4H,2,6H2,(H,19,20). The first kappa shape index (κ1) is 14.8. The molecule has 1 aliphatic rings. The van der Waals surface area contributed by atoms with Crippen LogP contribution in [0.4, 0.5) is 24.5 Å². The molecule has 2 rings (SSSR count). The Morgan fingerprint density at radius 3 is 2.81 bits per heavy atom. The van der Waals surface area contributed by atoms with Gasteiger partial charge in [0.2, 0.25) is 0 Å². The molecule has 0 aliphatic carbocycles. The second kappa shape index (κ2) is 5.41. The van der Waals surface area contributed by atoms with E-state index < -0.39 is 29.9 Å². The van der Waals surface area contributed by atoms with E-state index in [1.165, 1.54) is 12.3 Å². The molecule has 1 aliphatic heterocycles. The normalized spacial score (nSPS) is 13.7. The number of hydrogen-bond acceptors (Lipinski definition) is 5. The van der Waals surface area contributed by atoms with Crippen molar-refractivity contribution in [3.05, 3.63) is 23.3 Å². The number of fused-ring (bicyclic) bond motifs is 1. The first-order chi connectivity index (χ1) is 9.82. The fourth-order valence-corrected chi connectivity index (χ4v) is 1.77. The lowest BCUT2D eigenvalue weighted by Crippen LogP contribution is -2.30. The maximum Gasteiger partial charge on any atom is 0.417 e. The minimum atomic E-state index is -4.68. The summed E-state index contributed by atoms with van der Waals surface area (Å²) >= 11 is 0. The smallest absolute Gasteiger partial charge is 0.417 e. The SMILES string of the molecule is N#Cc1cc2c(cc1C(F)(F)F)N=CCN2OCC(=O)O. The van der Waals surface area contributed by atoms with Gasteiger partial charge in [0.05, 0.1) is 35.1 Å². The van der Waals surface area contributed by atoms with Crippen LogP contribution < -0.4 is 5.06 Å². The molecular weight excluding hydrogens is 291 g/mol. The van der Waals surface area contributed by atoms with E-state index in [4.69, 9.17) is 15.2 Å². The van der Waals surface area contributed by atoms with Crippen molar-refractivity contribution in [2.24, 2.45) is 4.99 Å². The van der Waals surface area contributed by atoms with Gasteiger partial charge in [-0.15, -0.1) is 0 Å². The quantitative estimate of drug-likeness (QED) is 0.923. The highest BCUT2D eigenvalue weighted by Crippen LogP contribution is 2.40. The van der Waals surface area contributed by atoms with Crippen molar-refractivity contribution >= 4 is 23.6 Å². The van der Waals surface area contributed by atoms with E-state index in [0.717, 1.165) is 17.2 Å². The largest absolute Gasteiger partial charge is 0.479 e. The molecule has 0 fully saturated rings. The fourth-order valence-electron chi connectivity index (χ4n) is 1.77. The van der Waals surface area contributed by atoms with Crippen LogP contribution in [0.5, 0.6) is 0 Å². The average Bonchev–Trinajstić information content (AvgIpc) is 2.42. The van der Waals surface area contributed by atoms with Crippen LogP contribution in [-0.4, -0.2) is 30.4 Å². The van der Waals surface area contributed by atoms with Crippen LogP contribution >= 0.6 is 0 Å². The van der Waals surface area contributed by atoms with Crippen LogP contribution in [-0.2, 0) is 15.8 Å². The number of hydroxylamine groups is 1. The highest BCUT2D eigenvalue weighted by atomic mass is 19.4. The van der Waals surface area contributed by atoms with Crippen LogP contribution in [0.1, 0.15) is 11.1 Å². The number of carbonyl (C=O) groups is 1. The summed E-state index contributed by atoms with van der Waals surface area (Å²) in [7, 11) is 0. The molecule has 0 atom stereocenters. The number of rotatable bonds is 3. The molecule has 0 unspecified atom stereocenters. The van der Waals surface area contributed by atoms with Crippen molar-refractivity contribution in [1.29, 1.82) is 5.26 Å². The van der Waals surface area contributed by atoms with Gasteiger partial charge in [-0.2, -0.15) is 18.4 Å². The Morgan fingerprint density at radius 2 is 2.24 bits per heavy atom. The second-order valence-corrected chi connectivity index (χ2v) is 4.04. The summed E-state index contributed by atoms with van der Waals surface area (Å²) in [6, 6.07) is 3.19. The van der Waals surface area contributed by atoms with E-state index >= 15 is 0 Å². The van der Waals surface area contributed by atoms with E-state index in [9.17, 15) is 18.0 Å². The number of benzene rings is 1. The van der Waals surface area contributed by atoms with Gasteiger partial charge in [0.1, 0.15) is 0 Å². The van der Waals surface area contributed by atoms with E-state index in [2.05, 4.69) is 4.99 Å². The third kappa shape index (κ3) is 3.11. The van der Waals surface area contributed by atoms with Gasteiger partial charge < -0.3 is 5.11 Å². The molecule has 0 radical (unpaired) electrons. The number of carboxylic acid groups (broad SMARTS) is 1. The summed E-state index contributed by atoms with van der Waals surface area (Å²) in [5.74, 6) is -1.23. The molecule has 1 N–H and O–H groups in total. The molecule has 1 aromatic carbocycles. The number of anilines is 1. The van der Waals surface area contributed by atoms with Crippen LogP contribution in [0.15, 0.2) is 17.1 Å². The number of hydrogen-bond donors (Lipinski definition) is 1. The molecule has 21 heavy (non-hydrogen) atoms. The summed E-state index contributed by atoms with van der Waals surface area (Å²) in [6.45, 7) is -0.591. The summed E-state index contributed by atoms with van der Waals surface area (Å²) in [6.07, 6.45) is -3.39. The molecule has 1 heterocycles. The van der Waals surface area contributed by atoms with Crippen molar-refractivity contribution in [1.82, 2.24) is 0 Å². The first-order valence-electron chi connectivity index (χ1n) is 5.63. The molecule has 0 amide bonds. The van der Waals surface area contributed by atoms with Crippen molar-refractivity contribution < 1.29 is 27.9 Å². The maximum absolute atomic E-state index is 12.8. The van der Waals surface area contributed by atoms with Crippen molar-refractivity contribution in [2.75, 3.05) is 18.2 Å². The van der Waals surface area contributed by atoms with Gasteiger partial charge in [-0.1, -0.05) is 0 Å². The van der Waals surface area contributed by atoms with Crippen LogP contribution in [0, 0.1) is 11.3 Å². The molecular formula is C12H8F3N3O3. The first-order valence-corrected chi connectivity index (χ1v) is 5.63. The second-order valence-electron chi connectivity index (χ2n) is 4.04. The van der Waals surface area contributed by atoms with E-state index in [1.54, 1.807) is 0 Å². The Hall–Kier alpha value is -2.60. The van der Waals surface area contributed by atoms with E-state index in [0.29, 0.717) is 0 Å². The predicted octanol–water partition coefficient (Wildman–Crippen LogP) is 2.12. The van der Waals surface area contributed by atoms with Crippen molar-refractivity contribution in [3.8, 4) is 6.07 Å². The Morgan fingerprint density at radius 1 is 1.52 bits per heavy atom. The molecule has 0 saturated heterocycles. The lowest BCUT2D eigenvalue weighted by Gasteiger charge is -2.26. The van der Waals surface area contributed by atoms with Gasteiger partial charge in [0.15, 0.2) is 6.61 Å². The Labute approximate surface area is 116 Å². The number of halogens is 3. The summed E-state index contributed by atoms with van der Waals surface area (Å²) in [5, 5.41) is 18.5. The van der Waals surface area contributed by atoms with Crippen LogP contribution in [0.3, 0.4) is 0 Å². The monoisotopic (exact) mass is 299 g/mol. The number of nitrogens with zero attached hydrogens (tertiary/aromatic N) is 3.